The fourth-order valence-corrected chi connectivity index (χ4v) is 3.60. The molecule has 0 aliphatic carbocycles. The number of nitro benzene ring substituents is 1. The van der Waals surface area contributed by atoms with Crippen molar-refractivity contribution < 1.29 is 4.92 Å². The monoisotopic (exact) mass is 506 g/mol. The molecule has 0 amide bonds. The molecule has 2 aromatic carbocycles. The highest BCUT2D eigenvalue weighted by Gasteiger charge is 2.17. The second kappa shape index (κ2) is 7.84. The molecule has 0 aliphatic rings. The van der Waals surface area contributed by atoms with E-state index in [4.69, 9.17) is 0 Å². The molecule has 0 radical (unpaired) electrons. The van der Waals surface area contributed by atoms with Crippen molar-refractivity contribution in [3.05, 3.63) is 82.1 Å². The van der Waals surface area contributed by atoms with E-state index < -0.39 is 4.92 Å². The van der Waals surface area contributed by atoms with Crippen LogP contribution in [0.15, 0.2) is 49.1 Å². The average molecular weight is 508 g/mol. The van der Waals surface area contributed by atoms with Gasteiger partial charge in [-0.05, 0) is 56.2 Å². The van der Waals surface area contributed by atoms with Gasteiger partial charge in [-0.25, -0.2) is 9.67 Å². The minimum absolute atomic E-state index is 0.133. The molecular weight excluding hydrogens is 492 g/mol. The molecule has 1 heterocycles. The Bertz CT molecular complexity index is 1180. The Kier molecular flexibility index (Phi) is 5.66. The zero-order valence-electron chi connectivity index (χ0n) is 15.3. The van der Waals surface area contributed by atoms with Crippen molar-refractivity contribution in [1.82, 2.24) is 9.78 Å². The molecule has 144 valence electrons. The van der Waals surface area contributed by atoms with E-state index in [1.807, 2.05) is 32.0 Å². The van der Waals surface area contributed by atoms with Crippen LogP contribution in [0.1, 0.15) is 22.4 Å². The summed E-state index contributed by atoms with van der Waals surface area (Å²) in [5.74, 6) is 0. The Morgan fingerprint density at radius 3 is 2.50 bits per heavy atom. The number of nitro groups is 1. The Morgan fingerprint density at radius 2 is 1.86 bits per heavy atom. The fourth-order valence-electron chi connectivity index (χ4n) is 2.79. The lowest BCUT2D eigenvalue weighted by Crippen LogP contribution is -2.18. The Morgan fingerprint density at radius 1 is 1.14 bits per heavy atom. The summed E-state index contributed by atoms with van der Waals surface area (Å²) in [6.45, 7) is 5.48. The molecule has 0 bridgehead atoms. The molecular formula is C19H16Br2N4O3. The van der Waals surface area contributed by atoms with Gasteiger partial charge in [0.2, 0.25) is 0 Å². The fraction of sp³-hybridized carbons (Fsp3) is 0.158. The maximum Gasteiger partial charge on any atom is 0.295 e. The molecule has 0 saturated heterocycles. The summed E-state index contributed by atoms with van der Waals surface area (Å²) >= 11 is 6.70. The Labute approximate surface area is 177 Å². The van der Waals surface area contributed by atoms with Gasteiger partial charge in [0.25, 0.3) is 11.2 Å². The second-order valence-corrected chi connectivity index (χ2v) is 8.10. The number of aromatic nitrogens is 2. The number of halogens is 2. The summed E-state index contributed by atoms with van der Waals surface area (Å²) < 4.78 is 2.99. The van der Waals surface area contributed by atoms with Gasteiger partial charge in [0.05, 0.1) is 16.2 Å². The molecule has 0 unspecified atom stereocenters. The van der Waals surface area contributed by atoms with Crippen LogP contribution in [0, 0.1) is 30.9 Å². The lowest BCUT2D eigenvalue weighted by molar-refractivity contribution is -0.384. The molecule has 1 aromatic heterocycles. The van der Waals surface area contributed by atoms with Crippen molar-refractivity contribution in [2.45, 2.75) is 20.8 Å². The summed E-state index contributed by atoms with van der Waals surface area (Å²) in [5.41, 5.74) is 3.20. The number of nitrogens with one attached hydrogen (secondary N) is 1. The molecule has 0 aliphatic heterocycles. The van der Waals surface area contributed by atoms with Gasteiger partial charge in [-0.15, -0.1) is 0 Å². The first-order chi connectivity index (χ1) is 13.2. The van der Waals surface area contributed by atoms with Crippen molar-refractivity contribution in [1.29, 1.82) is 0 Å². The van der Waals surface area contributed by atoms with Crippen LogP contribution in [0.3, 0.4) is 0 Å². The van der Waals surface area contributed by atoms with E-state index in [0.717, 1.165) is 21.3 Å². The van der Waals surface area contributed by atoms with Crippen LogP contribution in [0.5, 0.6) is 0 Å². The van der Waals surface area contributed by atoms with Gasteiger partial charge < -0.3 is 0 Å². The van der Waals surface area contributed by atoms with Crippen LogP contribution >= 0.6 is 31.9 Å². The van der Waals surface area contributed by atoms with Gasteiger partial charge in [-0.1, -0.05) is 31.9 Å². The average Bonchev–Trinajstić information content (AvgIpc) is 2.89. The quantitative estimate of drug-likeness (QED) is 0.296. The Hall–Kier alpha value is -2.52. The maximum atomic E-state index is 12.9. The Balaban J connectivity index is 2.08. The third kappa shape index (κ3) is 3.85. The molecule has 3 aromatic rings. The summed E-state index contributed by atoms with van der Waals surface area (Å²) in [4.78, 5) is 27.9. The number of hydrogen-bond acceptors (Lipinski definition) is 4. The minimum Gasteiger partial charge on any atom is -0.295 e. The molecule has 0 spiro atoms. The number of aryl methyl sites for hydroxylation is 3. The van der Waals surface area contributed by atoms with Crippen LogP contribution in [0.4, 0.5) is 11.4 Å². The minimum atomic E-state index is -0.496. The number of H-pyrrole nitrogens is 1. The number of benzene rings is 2. The third-order valence-electron chi connectivity index (χ3n) is 4.30. The number of rotatable bonds is 4. The summed E-state index contributed by atoms with van der Waals surface area (Å²) in [5, 5.41) is 14.4. The SMILES string of the molecule is Cc1cc(N=Cc2c(C)[nH]n(-c3ccc(Br)cc3C)c2=O)c([N+](=O)[O-])cc1Br. The predicted octanol–water partition coefficient (Wildman–Crippen LogP) is 5.27. The van der Waals surface area contributed by atoms with Crippen molar-refractivity contribution in [2.75, 3.05) is 0 Å². The van der Waals surface area contributed by atoms with Gasteiger partial charge in [-0.2, -0.15) is 0 Å². The van der Waals surface area contributed by atoms with Gasteiger partial charge in [-0.3, -0.25) is 20.0 Å². The molecule has 0 saturated carbocycles. The van der Waals surface area contributed by atoms with E-state index >= 15 is 0 Å². The van der Waals surface area contributed by atoms with E-state index in [-0.39, 0.29) is 16.9 Å². The first-order valence-electron chi connectivity index (χ1n) is 8.25. The zero-order valence-corrected chi connectivity index (χ0v) is 18.5. The molecule has 0 atom stereocenters. The normalized spacial score (nSPS) is 11.3. The highest BCUT2D eigenvalue weighted by atomic mass is 79.9. The lowest BCUT2D eigenvalue weighted by Gasteiger charge is -2.06. The van der Waals surface area contributed by atoms with Gasteiger partial charge in [0.15, 0.2) is 0 Å². The predicted molar refractivity (Wildman–Crippen MR) is 116 cm³/mol. The van der Waals surface area contributed by atoms with E-state index in [1.54, 1.807) is 13.0 Å². The molecule has 3 rings (SSSR count). The highest BCUT2D eigenvalue weighted by Crippen LogP contribution is 2.33. The molecule has 28 heavy (non-hydrogen) atoms. The highest BCUT2D eigenvalue weighted by molar-refractivity contribution is 9.10. The smallest absolute Gasteiger partial charge is 0.295 e. The van der Waals surface area contributed by atoms with Crippen molar-refractivity contribution in [3.8, 4) is 5.69 Å². The third-order valence-corrected chi connectivity index (χ3v) is 5.65. The first-order valence-corrected chi connectivity index (χ1v) is 9.84. The number of hydrogen-bond donors (Lipinski definition) is 1. The van der Waals surface area contributed by atoms with Gasteiger partial charge in [0, 0.05) is 26.9 Å². The van der Waals surface area contributed by atoms with Crippen molar-refractivity contribution in [3.63, 3.8) is 0 Å². The van der Waals surface area contributed by atoms with Gasteiger partial charge >= 0.3 is 0 Å². The lowest BCUT2D eigenvalue weighted by atomic mass is 10.2. The second-order valence-electron chi connectivity index (χ2n) is 6.33. The van der Waals surface area contributed by atoms with E-state index in [0.29, 0.717) is 15.7 Å². The van der Waals surface area contributed by atoms with E-state index in [9.17, 15) is 14.9 Å². The largest absolute Gasteiger partial charge is 0.295 e. The summed E-state index contributed by atoms with van der Waals surface area (Å²) in [6, 6.07) is 8.63. The van der Waals surface area contributed by atoms with E-state index in [1.165, 1.54) is 17.0 Å². The maximum absolute atomic E-state index is 12.9. The number of nitrogens with zero attached hydrogens (tertiary/aromatic N) is 3. The van der Waals surface area contributed by atoms with Crippen LogP contribution < -0.4 is 5.56 Å². The van der Waals surface area contributed by atoms with Gasteiger partial charge in [0.1, 0.15) is 5.69 Å². The van der Waals surface area contributed by atoms with Crippen LogP contribution in [0.25, 0.3) is 5.69 Å². The van der Waals surface area contributed by atoms with Crippen LogP contribution in [-0.4, -0.2) is 20.9 Å². The number of aromatic amines is 1. The van der Waals surface area contributed by atoms with Crippen LogP contribution in [0.2, 0.25) is 0 Å². The zero-order chi connectivity index (χ0) is 20.6. The summed E-state index contributed by atoms with van der Waals surface area (Å²) in [6.07, 6.45) is 1.37. The molecule has 9 heteroatoms. The van der Waals surface area contributed by atoms with Crippen molar-refractivity contribution >= 4 is 49.4 Å². The van der Waals surface area contributed by atoms with E-state index in [2.05, 4.69) is 42.0 Å². The molecule has 1 N–H and O–H groups in total. The molecule has 0 fully saturated rings. The first kappa shape index (κ1) is 20.2. The standard InChI is InChI=1S/C19H16Br2N4O3/c1-10-7-16(18(25(27)28)8-15(10)21)22-9-14-12(3)23-24(19(14)26)17-5-4-13(20)6-11(17)2/h4-9,23H,1-3H3. The number of aliphatic imine (C=N–C) groups is 1. The van der Waals surface area contributed by atoms with Crippen LogP contribution in [-0.2, 0) is 0 Å². The molecule has 7 nitrogen and oxygen atoms in total. The van der Waals surface area contributed by atoms with Crippen molar-refractivity contribution in [2.24, 2.45) is 4.99 Å². The summed E-state index contributed by atoms with van der Waals surface area (Å²) in [7, 11) is 0. The topological polar surface area (TPSA) is 93.3 Å².